The fourth-order valence-electron chi connectivity index (χ4n) is 4.17. The molecule has 1 N–H and O–H groups in total. The topological polar surface area (TPSA) is 86.8 Å². The Morgan fingerprint density at radius 3 is 2.37 bits per heavy atom. The van der Waals surface area contributed by atoms with Crippen LogP contribution < -0.4 is 4.72 Å². The van der Waals surface area contributed by atoms with Crippen LogP contribution in [-0.2, 0) is 19.6 Å². The van der Waals surface area contributed by atoms with Crippen LogP contribution in [0.25, 0.3) is 0 Å². The van der Waals surface area contributed by atoms with Crippen molar-refractivity contribution in [2.24, 2.45) is 11.8 Å². The zero-order valence-corrected chi connectivity index (χ0v) is 18.2. The Bertz CT molecular complexity index is 852. The second-order valence-electron chi connectivity index (χ2n) is 8.29. The molecular weight excluding hydrogens is 409 g/mol. The third-order valence-electron chi connectivity index (χ3n) is 5.92. The summed E-state index contributed by atoms with van der Waals surface area (Å²) in [7, 11) is -3.78. The molecule has 1 atom stereocenters. The highest BCUT2D eigenvalue weighted by Gasteiger charge is 2.31. The molecule has 2 fully saturated rings. The van der Waals surface area contributed by atoms with E-state index in [0.717, 1.165) is 31.6 Å². The van der Waals surface area contributed by atoms with Crippen LogP contribution in [0, 0.1) is 17.7 Å². The van der Waals surface area contributed by atoms with E-state index in [4.69, 9.17) is 0 Å². The lowest BCUT2D eigenvalue weighted by Crippen LogP contribution is -2.47. The molecule has 1 aromatic carbocycles. The van der Waals surface area contributed by atoms with Crippen molar-refractivity contribution in [1.29, 1.82) is 0 Å². The first-order chi connectivity index (χ1) is 14.3. The van der Waals surface area contributed by atoms with Crippen LogP contribution >= 0.6 is 0 Å². The van der Waals surface area contributed by atoms with E-state index >= 15 is 0 Å². The molecule has 0 saturated carbocycles. The summed E-state index contributed by atoms with van der Waals surface area (Å²) in [5.74, 6) is 0.0789. The van der Waals surface area contributed by atoms with Gasteiger partial charge in [-0.1, -0.05) is 6.92 Å². The maximum Gasteiger partial charge on any atom is 0.240 e. The maximum atomic E-state index is 12.9. The van der Waals surface area contributed by atoms with Gasteiger partial charge in [-0.25, -0.2) is 17.5 Å². The largest absolute Gasteiger partial charge is 0.343 e. The maximum absolute atomic E-state index is 12.9. The number of nitrogens with zero attached hydrogens (tertiary/aromatic N) is 2. The van der Waals surface area contributed by atoms with Crippen molar-refractivity contribution in [3.05, 3.63) is 30.1 Å². The van der Waals surface area contributed by atoms with Crippen molar-refractivity contribution in [1.82, 2.24) is 14.5 Å². The number of nitrogens with one attached hydrogen (secondary N) is 1. The number of amides is 2. The smallest absolute Gasteiger partial charge is 0.240 e. The van der Waals surface area contributed by atoms with E-state index in [0.29, 0.717) is 31.8 Å². The first-order valence-electron chi connectivity index (χ1n) is 10.6. The first-order valence-corrected chi connectivity index (χ1v) is 12.1. The molecule has 7 nitrogen and oxygen atoms in total. The Balaban J connectivity index is 1.42. The Morgan fingerprint density at radius 2 is 1.73 bits per heavy atom. The summed E-state index contributed by atoms with van der Waals surface area (Å²) in [5.41, 5.74) is 0. The Hall–Kier alpha value is -2.00. The van der Waals surface area contributed by atoms with E-state index < -0.39 is 15.8 Å². The molecule has 0 aliphatic carbocycles. The van der Waals surface area contributed by atoms with Crippen molar-refractivity contribution in [3.63, 3.8) is 0 Å². The fourth-order valence-corrected chi connectivity index (χ4v) is 5.20. The molecule has 9 heteroatoms. The summed E-state index contributed by atoms with van der Waals surface area (Å²) >= 11 is 0. The summed E-state index contributed by atoms with van der Waals surface area (Å²) < 4.78 is 39.7. The van der Waals surface area contributed by atoms with E-state index in [1.807, 2.05) is 4.90 Å². The minimum Gasteiger partial charge on any atom is -0.343 e. The van der Waals surface area contributed by atoms with Crippen LogP contribution in [0.5, 0.6) is 0 Å². The van der Waals surface area contributed by atoms with Gasteiger partial charge in [-0.3, -0.25) is 9.59 Å². The van der Waals surface area contributed by atoms with Gasteiger partial charge in [0.05, 0.1) is 4.90 Å². The summed E-state index contributed by atoms with van der Waals surface area (Å²) in [6, 6.07) is 4.53. The zero-order valence-electron chi connectivity index (χ0n) is 17.3. The zero-order chi connectivity index (χ0) is 21.7. The number of hydrogen-bond donors (Lipinski definition) is 1. The highest BCUT2D eigenvalue weighted by Crippen LogP contribution is 2.24. The second-order valence-corrected chi connectivity index (χ2v) is 10.1. The van der Waals surface area contributed by atoms with Crippen LogP contribution in [0.4, 0.5) is 4.39 Å². The molecule has 0 radical (unpaired) electrons. The third-order valence-corrected chi connectivity index (χ3v) is 7.40. The number of piperidine rings is 2. The number of carbonyl (C=O) groups is 2. The molecule has 30 heavy (non-hydrogen) atoms. The van der Waals surface area contributed by atoms with Crippen molar-refractivity contribution in [2.75, 3.05) is 32.7 Å². The Labute approximate surface area is 177 Å². The quantitative estimate of drug-likeness (QED) is 0.735. The summed E-state index contributed by atoms with van der Waals surface area (Å²) in [4.78, 5) is 28.8. The molecule has 0 spiro atoms. The van der Waals surface area contributed by atoms with Gasteiger partial charge < -0.3 is 9.80 Å². The van der Waals surface area contributed by atoms with Crippen LogP contribution in [0.2, 0.25) is 0 Å². The lowest BCUT2D eigenvalue weighted by Gasteiger charge is -2.37. The number of sulfonamides is 1. The molecule has 1 aromatic rings. The average Bonchev–Trinajstić information content (AvgIpc) is 2.73. The van der Waals surface area contributed by atoms with Crippen LogP contribution in [0.15, 0.2) is 29.2 Å². The van der Waals surface area contributed by atoms with E-state index in [9.17, 15) is 22.4 Å². The number of benzene rings is 1. The Kier molecular flexibility index (Phi) is 7.46. The lowest BCUT2D eigenvalue weighted by molar-refractivity contribution is -0.142. The molecule has 2 aliphatic rings. The molecule has 1 unspecified atom stereocenters. The van der Waals surface area contributed by atoms with E-state index in [1.54, 1.807) is 4.90 Å². The number of halogens is 1. The molecule has 166 valence electrons. The normalized spacial score (nSPS) is 20.9. The lowest BCUT2D eigenvalue weighted by atomic mass is 9.92. The second kappa shape index (κ2) is 9.87. The van der Waals surface area contributed by atoms with E-state index in [2.05, 4.69) is 11.6 Å². The van der Waals surface area contributed by atoms with Gasteiger partial charge >= 0.3 is 0 Å². The van der Waals surface area contributed by atoms with Crippen molar-refractivity contribution in [2.45, 2.75) is 43.9 Å². The van der Waals surface area contributed by atoms with Gasteiger partial charge in [-0.2, -0.15) is 0 Å². The minimum absolute atomic E-state index is 0.0247. The Morgan fingerprint density at radius 1 is 1.07 bits per heavy atom. The van der Waals surface area contributed by atoms with Crippen LogP contribution in [0.3, 0.4) is 0 Å². The van der Waals surface area contributed by atoms with E-state index in [-0.39, 0.29) is 35.6 Å². The first kappa shape index (κ1) is 22.7. The van der Waals surface area contributed by atoms with Gasteiger partial charge in [0.25, 0.3) is 0 Å². The summed E-state index contributed by atoms with van der Waals surface area (Å²) in [5, 5.41) is 0. The van der Waals surface area contributed by atoms with Gasteiger partial charge in [0.2, 0.25) is 21.8 Å². The predicted molar refractivity (Wildman–Crippen MR) is 110 cm³/mol. The van der Waals surface area contributed by atoms with Crippen LogP contribution in [0.1, 0.15) is 39.0 Å². The molecule has 2 heterocycles. The highest BCUT2D eigenvalue weighted by molar-refractivity contribution is 7.89. The fraction of sp³-hybridized carbons (Fsp3) is 0.619. The minimum atomic E-state index is -3.78. The highest BCUT2D eigenvalue weighted by atomic mass is 32.2. The van der Waals surface area contributed by atoms with Gasteiger partial charge in [0.1, 0.15) is 5.82 Å². The molecule has 2 saturated heterocycles. The predicted octanol–water partition coefficient (Wildman–Crippen LogP) is 1.99. The van der Waals surface area contributed by atoms with Gasteiger partial charge in [0, 0.05) is 45.1 Å². The standard InChI is InChI=1S/C21H30FN3O4S/c1-16-3-2-12-25(15-16)21(27)17-9-13-24(14-10-17)20(26)8-11-23-30(28,29)19-6-4-18(22)5-7-19/h4-7,16-17,23H,2-3,8-15H2,1H3. The molecule has 2 aliphatic heterocycles. The average molecular weight is 440 g/mol. The van der Waals surface area contributed by atoms with E-state index in [1.165, 1.54) is 18.6 Å². The number of rotatable bonds is 6. The third kappa shape index (κ3) is 5.78. The van der Waals surface area contributed by atoms with Crippen molar-refractivity contribution >= 4 is 21.8 Å². The molecule has 0 bridgehead atoms. The SMILES string of the molecule is CC1CCCN(C(=O)C2CCN(C(=O)CCNS(=O)(=O)c3ccc(F)cc3)CC2)C1. The monoisotopic (exact) mass is 439 g/mol. The van der Waals surface area contributed by atoms with Crippen LogP contribution in [-0.4, -0.2) is 62.8 Å². The molecule has 3 rings (SSSR count). The van der Waals surface area contributed by atoms with Crippen molar-refractivity contribution in [3.8, 4) is 0 Å². The number of carbonyl (C=O) groups excluding carboxylic acids is 2. The summed E-state index contributed by atoms with van der Waals surface area (Å²) in [6.45, 7) is 4.84. The molecular formula is C21H30FN3O4S. The number of hydrogen-bond acceptors (Lipinski definition) is 4. The number of likely N-dealkylation sites (tertiary alicyclic amines) is 2. The van der Waals surface area contributed by atoms with Gasteiger partial charge in [-0.05, 0) is 55.9 Å². The molecule has 2 amide bonds. The van der Waals surface area contributed by atoms with Gasteiger partial charge in [0.15, 0.2) is 0 Å². The summed E-state index contributed by atoms with van der Waals surface area (Å²) in [6.07, 6.45) is 3.57. The van der Waals surface area contributed by atoms with Crippen molar-refractivity contribution < 1.29 is 22.4 Å². The van der Waals surface area contributed by atoms with Gasteiger partial charge in [-0.15, -0.1) is 0 Å². The molecule has 0 aromatic heterocycles.